The molecule has 2 rings (SSSR count). The van der Waals surface area contributed by atoms with Gasteiger partial charge >= 0.3 is 5.97 Å². The highest BCUT2D eigenvalue weighted by Gasteiger charge is 2.18. The van der Waals surface area contributed by atoms with Crippen LogP contribution in [0.3, 0.4) is 0 Å². The van der Waals surface area contributed by atoms with E-state index in [1.165, 1.54) is 31.5 Å². The third-order valence-electron chi connectivity index (χ3n) is 3.42. The van der Waals surface area contributed by atoms with Crippen molar-refractivity contribution in [1.29, 1.82) is 0 Å². The smallest absolute Gasteiger partial charge is 0.330 e. The first-order valence-electron chi connectivity index (χ1n) is 7.64. The van der Waals surface area contributed by atoms with Gasteiger partial charge in [0.1, 0.15) is 5.75 Å². The zero-order valence-corrected chi connectivity index (χ0v) is 15.2. The minimum atomic E-state index is -3.81. The molecular weight excluding hydrogens is 354 g/mol. The Hall–Kier alpha value is -3.06. The van der Waals surface area contributed by atoms with Crippen LogP contribution >= 0.6 is 0 Å². The van der Waals surface area contributed by atoms with Gasteiger partial charge in [-0.05, 0) is 42.5 Å². The van der Waals surface area contributed by atoms with Crippen LogP contribution in [0, 0.1) is 0 Å². The Labute approximate surface area is 152 Å². The molecule has 1 N–H and O–H groups in total. The molecule has 0 saturated heterocycles. The number of sulfone groups is 1. The lowest BCUT2D eigenvalue weighted by atomic mass is 10.3. The molecule has 0 atom stereocenters. The molecule has 0 aliphatic heterocycles. The number of benzene rings is 2. The minimum Gasteiger partial charge on any atom is -0.497 e. The van der Waals surface area contributed by atoms with Crippen LogP contribution < -0.4 is 10.1 Å². The molecule has 6 nitrogen and oxygen atoms in total. The molecule has 0 unspecified atom stereocenters. The van der Waals surface area contributed by atoms with Crippen LogP contribution in [0.1, 0.15) is 0 Å². The Kier molecular flexibility index (Phi) is 6.57. The zero-order chi connectivity index (χ0) is 19.0. The van der Waals surface area contributed by atoms with Crippen LogP contribution in [-0.4, -0.2) is 28.6 Å². The lowest BCUT2D eigenvalue weighted by Crippen LogP contribution is -2.06. The highest BCUT2D eigenvalue weighted by Crippen LogP contribution is 2.21. The SMILES string of the molecule is COC(=O)/C=C/C(=C/Nc1ccc(OC)cc1)S(=O)(=O)c1ccccc1. The van der Waals surface area contributed by atoms with Gasteiger partial charge in [0.05, 0.1) is 24.0 Å². The highest BCUT2D eigenvalue weighted by molar-refractivity contribution is 7.95. The maximum atomic E-state index is 12.8. The molecule has 0 heterocycles. The fraction of sp³-hybridized carbons (Fsp3) is 0.105. The second kappa shape index (κ2) is 8.87. The summed E-state index contributed by atoms with van der Waals surface area (Å²) in [5, 5.41) is 2.91. The molecule has 0 aromatic heterocycles. The van der Waals surface area contributed by atoms with E-state index in [4.69, 9.17) is 4.74 Å². The third kappa shape index (κ3) is 4.97. The first-order valence-corrected chi connectivity index (χ1v) is 9.12. The quantitative estimate of drug-likeness (QED) is 0.456. The lowest BCUT2D eigenvalue weighted by Gasteiger charge is -2.08. The number of ether oxygens (including phenoxy) is 2. The number of rotatable bonds is 7. The first kappa shape index (κ1) is 19.3. The minimum absolute atomic E-state index is 0.0788. The largest absolute Gasteiger partial charge is 0.497 e. The van der Waals surface area contributed by atoms with Gasteiger partial charge in [-0.25, -0.2) is 13.2 Å². The summed E-state index contributed by atoms with van der Waals surface area (Å²) in [7, 11) is -1.03. The second-order valence-electron chi connectivity index (χ2n) is 5.09. The monoisotopic (exact) mass is 373 g/mol. The number of nitrogens with one attached hydrogen (secondary N) is 1. The Bertz CT molecular complexity index is 901. The van der Waals surface area contributed by atoms with E-state index >= 15 is 0 Å². The molecule has 0 saturated carbocycles. The summed E-state index contributed by atoms with van der Waals surface area (Å²) in [5.41, 5.74) is 0.665. The number of esters is 1. The van der Waals surface area contributed by atoms with Crippen molar-refractivity contribution < 1.29 is 22.7 Å². The normalized spacial score (nSPS) is 12.0. The van der Waals surface area contributed by atoms with Gasteiger partial charge in [-0.1, -0.05) is 18.2 Å². The van der Waals surface area contributed by atoms with Crippen LogP contribution in [-0.2, 0) is 19.4 Å². The van der Waals surface area contributed by atoms with Crippen LogP contribution in [0.25, 0.3) is 0 Å². The summed E-state index contributed by atoms with van der Waals surface area (Å²) in [4.78, 5) is 11.4. The summed E-state index contributed by atoms with van der Waals surface area (Å²) < 4.78 is 35.3. The van der Waals surface area contributed by atoms with Gasteiger partial charge in [-0.15, -0.1) is 0 Å². The Balaban J connectivity index is 2.36. The summed E-state index contributed by atoms with van der Waals surface area (Å²) in [6, 6.07) is 14.9. The fourth-order valence-electron chi connectivity index (χ4n) is 2.01. The first-order chi connectivity index (χ1) is 12.5. The van der Waals surface area contributed by atoms with Crippen molar-refractivity contribution in [3.63, 3.8) is 0 Å². The van der Waals surface area contributed by atoms with Gasteiger partial charge in [0.2, 0.25) is 9.84 Å². The van der Waals surface area contributed by atoms with Crippen molar-refractivity contribution in [2.24, 2.45) is 0 Å². The molecule has 0 radical (unpaired) electrons. The number of hydrogen-bond donors (Lipinski definition) is 1. The molecular formula is C19H19NO5S. The van der Waals surface area contributed by atoms with Crippen LogP contribution in [0.15, 0.2) is 82.7 Å². The van der Waals surface area contributed by atoms with Crippen molar-refractivity contribution in [1.82, 2.24) is 0 Å². The van der Waals surface area contributed by atoms with E-state index in [9.17, 15) is 13.2 Å². The second-order valence-corrected chi connectivity index (χ2v) is 7.04. The maximum absolute atomic E-state index is 12.8. The van der Waals surface area contributed by atoms with Crippen LogP contribution in [0.5, 0.6) is 5.75 Å². The fourth-order valence-corrected chi connectivity index (χ4v) is 3.26. The average molecular weight is 373 g/mol. The number of carbonyl (C=O) groups is 1. The number of carbonyl (C=O) groups excluding carboxylic acids is 1. The molecule has 0 fully saturated rings. The predicted octanol–water partition coefficient (Wildman–Crippen LogP) is 3.15. The average Bonchev–Trinajstić information content (AvgIpc) is 2.68. The van der Waals surface area contributed by atoms with Gasteiger partial charge in [-0.2, -0.15) is 0 Å². The van der Waals surface area contributed by atoms with E-state index in [1.807, 2.05) is 0 Å². The number of anilines is 1. The maximum Gasteiger partial charge on any atom is 0.330 e. The molecule has 2 aromatic carbocycles. The van der Waals surface area contributed by atoms with Crippen molar-refractivity contribution >= 4 is 21.5 Å². The van der Waals surface area contributed by atoms with Gasteiger partial charge in [-0.3, -0.25) is 0 Å². The molecule has 0 spiro atoms. The van der Waals surface area contributed by atoms with Gasteiger partial charge in [0.25, 0.3) is 0 Å². The number of hydrogen-bond acceptors (Lipinski definition) is 6. The topological polar surface area (TPSA) is 81.7 Å². The number of allylic oxidation sites excluding steroid dienone is 1. The van der Waals surface area contributed by atoms with Crippen molar-refractivity contribution in [2.45, 2.75) is 4.90 Å². The standard InChI is InChI=1S/C19H19NO5S/c1-24-16-10-8-15(9-11-16)20-14-18(12-13-19(21)25-2)26(22,23)17-6-4-3-5-7-17/h3-14,20H,1-2H3/b13-12+,18-14-. The lowest BCUT2D eigenvalue weighted by molar-refractivity contribution is -0.134. The van der Waals surface area contributed by atoms with Crippen LogP contribution in [0.4, 0.5) is 5.69 Å². The summed E-state index contributed by atoms with van der Waals surface area (Å²) >= 11 is 0. The molecule has 0 amide bonds. The molecule has 0 bridgehead atoms. The molecule has 2 aromatic rings. The molecule has 136 valence electrons. The van der Waals surface area contributed by atoms with Crippen molar-refractivity contribution in [2.75, 3.05) is 19.5 Å². The molecule has 0 aliphatic rings. The van der Waals surface area contributed by atoms with Gasteiger partial charge in [0.15, 0.2) is 0 Å². The van der Waals surface area contributed by atoms with E-state index in [0.29, 0.717) is 11.4 Å². The molecule has 26 heavy (non-hydrogen) atoms. The Morgan fingerprint density at radius 3 is 2.19 bits per heavy atom. The third-order valence-corrected chi connectivity index (χ3v) is 5.19. The van der Waals surface area contributed by atoms with Gasteiger partial charge in [0, 0.05) is 18.0 Å². The Morgan fingerprint density at radius 1 is 0.962 bits per heavy atom. The highest BCUT2D eigenvalue weighted by atomic mass is 32.2. The van der Waals surface area contributed by atoms with Crippen LogP contribution in [0.2, 0.25) is 0 Å². The van der Waals surface area contributed by atoms with Crippen molar-refractivity contribution in [3.05, 3.63) is 77.9 Å². The van der Waals surface area contributed by atoms with E-state index in [1.54, 1.807) is 49.6 Å². The predicted molar refractivity (Wildman–Crippen MR) is 99.5 cm³/mol. The summed E-state index contributed by atoms with van der Waals surface area (Å²) in [6.07, 6.45) is 3.58. The summed E-state index contributed by atoms with van der Waals surface area (Å²) in [5.74, 6) is 0.0332. The molecule has 0 aliphatic carbocycles. The van der Waals surface area contributed by atoms with Crippen molar-refractivity contribution in [3.8, 4) is 5.75 Å². The molecule has 7 heteroatoms. The van der Waals surface area contributed by atoms with E-state index in [2.05, 4.69) is 10.1 Å². The van der Waals surface area contributed by atoms with E-state index in [-0.39, 0.29) is 9.80 Å². The van der Waals surface area contributed by atoms with E-state index in [0.717, 1.165) is 6.08 Å². The zero-order valence-electron chi connectivity index (χ0n) is 14.4. The van der Waals surface area contributed by atoms with E-state index < -0.39 is 15.8 Å². The summed E-state index contributed by atoms with van der Waals surface area (Å²) in [6.45, 7) is 0. The number of methoxy groups -OCH3 is 2. The van der Waals surface area contributed by atoms with Gasteiger partial charge < -0.3 is 14.8 Å². The Morgan fingerprint density at radius 2 is 1.62 bits per heavy atom.